The first-order valence-electron chi connectivity index (χ1n) is 6.71. The average Bonchev–Trinajstić information content (AvgIpc) is 2.52. The molecule has 0 spiro atoms. The molecule has 120 valence electrons. The van der Waals surface area contributed by atoms with Gasteiger partial charge in [0.05, 0.1) is 26.7 Å². The van der Waals surface area contributed by atoms with Crippen LogP contribution in [0.15, 0.2) is 0 Å². The first-order chi connectivity index (χ1) is 10.6. The molecule has 0 radical (unpaired) electrons. The number of carbonyl (C=O) groups is 1. The monoisotopic (exact) mass is 308 g/mol. The summed E-state index contributed by atoms with van der Waals surface area (Å²) < 4.78 is 4.84. The van der Waals surface area contributed by atoms with Crippen LogP contribution < -0.4 is 15.7 Å². The second-order valence-electron chi connectivity index (χ2n) is 4.00. The van der Waals surface area contributed by atoms with Gasteiger partial charge in [-0.05, 0) is 6.92 Å². The molecule has 0 saturated heterocycles. The third-order valence-electron chi connectivity index (χ3n) is 2.45. The van der Waals surface area contributed by atoms with Crippen molar-refractivity contribution in [1.29, 1.82) is 0 Å². The Kier molecular flexibility index (Phi) is 7.42. The molecule has 0 saturated carbocycles. The van der Waals surface area contributed by atoms with Gasteiger partial charge in [0, 0.05) is 13.6 Å². The van der Waals surface area contributed by atoms with Gasteiger partial charge in [0.2, 0.25) is 11.9 Å². The third-order valence-corrected chi connectivity index (χ3v) is 2.45. The molecule has 1 heterocycles. The maximum Gasteiger partial charge on any atom is 0.307 e. The number of ether oxygens (including phenoxy) is 1. The highest BCUT2D eigenvalue weighted by Crippen LogP contribution is 2.12. The molecule has 9 heteroatoms. The van der Waals surface area contributed by atoms with Gasteiger partial charge in [0.1, 0.15) is 0 Å². The molecule has 2 N–H and O–H groups in total. The maximum atomic E-state index is 11.3. The van der Waals surface area contributed by atoms with E-state index in [1.54, 1.807) is 14.0 Å². The molecule has 1 rings (SSSR count). The van der Waals surface area contributed by atoms with E-state index >= 15 is 0 Å². The van der Waals surface area contributed by atoms with Crippen LogP contribution in [0, 0.1) is 12.3 Å². The van der Waals surface area contributed by atoms with Crippen molar-refractivity contribution in [2.75, 3.05) is 49.6 Å². The highest BCUT2D eigenvalue weighted by Gasteiger charge is 2.10. The number of terminal acetylenes is 1. The lowest BCUT2D eigenvalue weighted by Gasteiger charge is -2.15. The Bertz CT molecular complexity index is 531. The van der Waals surface area contributed by atoms with Crippen LogP contribution in [-0.2, 0) is 14.4 Å². The molecule has 9 nitrogen and oxygen atoms in total. The molecule has 0 amide bonds. The lowest BCUT2D eigenvalue weighted by Crippen LogP contribution is -2.21. The van der Waals surface area contributed by atoms with Crippen molar-refractivity contribution < 1.29 is 14.4 Å². The van der Waals surface area contributed by atoms with Gasteiger partial charge in [-0.3, -0.25) is 9.63 Å². The van der Waals surface area contributed by atoms with E-state index in [9.17, 15) is 4.79 Å². The zero-order valence-corrected chi connectivity index (χ0v) is 12.9. The number of rotatable bonds is 9. The molecule has 0 aliphatic heterocycles. The van der Waals surface area contributed by atoms with E-state index in [-0.39, 0.29) is 18.9 Å². The summed E-state index contributed by atoms with van der Waals surface area (Å²) >= 11 is 0. The fraction of sp³-hybridized carbons (Fsp3) is 0.538. The van der Waals surface area contributed by atoms with Crippen molar-refractivity contribution in [2.24, 2.45) is 0 Å². The summed E-state index contributed by atoms with van der Waals surface area (Å²) in [5.41, 5.74) is 0. The van der Waals surface area contributed by atoms with Crippen LogP contribution in [0.4, 0.5) is 17.8 Å². The summed E-state index contributed by atoms with van der Waals surface area (Å²) in [6.07, 6.45) is 5.41. The standard InChI is InChI=1S/C13H20N6O3/c1-5-8-14-11-16-12(15-9-7-10(20)22-6-2)18-13(17-11)19(3)21-4/h1H,6-9H2,2-4H3,(H2,14,15,16,17,18). The smallest absolute Gasteiger partial charge is 0.307 e. The number of hydrogen-bond acceptors (Lipinski definition) is 9. The van der Waals surface area contributed by atoms with E-state index in [2.05, 4.69) is 31.5 Å². The summed E-state index contributed by atoms with van der Waals surface area (Å²) in [6, 6.07) is 0. The number of hydroxylamine groups is 1. The molecule has 0 unspecified atom stereocenters. The molecule has 0 aromatic carbocycles. The SMILES string of the molecule is C#CCNc1nc(NCCC(=O)OCC)nc(N(C)OC)n1. The van der Waals surface area contributed by atoms with E-state index in [0.29, 0.717) is 31.0 Å². The second kappa shape index (κ2) is 9.36. The molecular formula is C13H20N6O3. The van der Waals surface area contributed by atoms with Gasteiger partial charge in [-0.1, -0.05) is 5.92 Å². The first kappa shape index (κ1) is 17.5. The van der Waals surface area contributed by atoms with Crippen molar-refractivity contribution >= 4 is 23.8 Å². The lowest BCUT2D eigenvalue weighted by molar-refractivity contribution is -0.142. The normalized spacial score (nSPS) is 9.73. The highest BCUT2D eigenvalue weighted by molar-refractivity contribution is 5.69. The summed E-state index contributed by atoms with van der Waals surface area (Å²) in [5.74, 6) is 3.06. The zero-order chi connectivity index (χ0) is 16.4. The van der Waals surface area contributed by atoms with Gasteiger partial charge in [-0.25, -0.2) is 5.06 Å². The lowest BCUT2D eigenvalue weighted by atomic mass is 10.4. The minimum Gasteiger partial charge on any atom is -0.466 e. The number of nitrogens with one attached hydrogen (secondary N) is 2. The Morgan fingerprint density at radius 2 is 2.00 bits per heavy atom. The van der Waals surface area contributed by atoms with Crippen LogP contribution in [0.25, 0.3) is 0 Å². The van der Waals surface area contributed by atoms with Crippen LogP contribution in [0.2, 0.25) is 0 Å². The van der Waals surface area contributed by atoms with Crippen molar-refractivity contribution in [3.63, 3.8) is 0 Å². The Morgan fingerprint density at radius 1 is 1.32 bits per heavy atom. The molecule has 0 bridgehead atoms. The summed E-state index contributed by atoms with van der Waals surface area (Å²) in [7, 11) is 3.15. The minimum atomic E-state index is -0.288. The maximum absolute atomic E-state index is 11.3. The van der Waals surface area contributed by atoms with Crippen molar-refractivity contribution in [2.45, 2.75) is 13.3 Å². The first-order valence-corrected chi connectivity index (χ1v) is 6.71. The van der Waals surface area contributed by atoms with Crippen LogP contribution >= 0.6 is 0 Å². The van der Waals surface area contributed by atoms with Crippen molar-refractivity contribution in [1.82, 2.24) is 15.0 Å². The molecule has 22 heavy (non-hydrogen) atoms. The van der Waals surface area contributed by atoms with Crippen molar-refractivity contribution in [3.05, 3.63) is 0 Å². The largest absolute Gasteiger partial charge is 0.466 e. The Labute approximate surface area is 129 Å². The third kappa shape index (κ3) is 5.80. The Hall–Kier alpha value is -2.60. The molecule has 0 fully saturated rings. The quantitative estimate of drug-likeness (QED) is 0.378. The number of nitrogens with zero attached hydrogens (tertiary/aromatic N) is 4. The summed E-state index contributed by atoms with van der Waals surface area (Å²) in [4.78, 5) is 28.8. The highest BCUT2D eigenvalue weighted by atomic mass is 16.7. The van der Waals surface area contributed by atoms with E-state index in [1.807, 2.05) is 0 Å². The van der Waals surface area contributed by atoms with Crippen LogP contribution in [0.1, 0.15) is 13.3 Å². The number of esters is 1. The van der Waals surface area contributed by atoms with Gasteiger partial charge < -0.3 is 15.4 Å². The van der Waals surface area contributed by atoms with Gasteiger partial charge in [0.15, 0.2) is 0 Å². The summed E-state index contributed by atoms with van der Waals surface area (Å²) in [6.45, 7) is 2.73. The van der Waals surface area contributed by atoms with Crippen molar-refractivity contribution in [3.8, 4) is 12.3 Å². The number of carbonyl (C=O) groups excluding carboxylic acids is 1. The Morgan fingerprint density at radius 3 is 2.59 bits per heavy atom. The second-order valence-corrected chi connectivity index (χ2v) is 4.00. The number of anilines is 3. The van der Waals surface area contributed by atoms with E-state index in [4.69, 9.17) is 16.0 Å². The zero-order valence-electron chi connectivity index (χ0n) is 12.9. The van der Waals surface area contributed by atoms with Gasteiger partial charge >= 0.3 is 5.97 Å². The van der Waals surface area contributed by atoms with E-state index in [0.717, 1.165) is 0 Å². The van der Waals surface area contributed by atoms with Crippen LogP contribution in [-0.4, -0.2) is 54.8 Å². The fourth-order valence-electron chi connectivity index (χ4n) is 1.38. The molecular weight excluding hydrogens is 288 g/mol. The van der Waals surface area contributed by atoms with Crippen LogP contribution in [0.3, 0.4) is 0 Å². The van der Waals surface area contributed by atoms with Gasteiger partial charge in [0.25, 0.3) is 5.95 Å². The molecule has 1 aromatic heterocycles. The predicted molar refractivity (Wildman–Crippen MR) is 82.3 cm³/mol. The number of hydrogen-bond donors (Lipinski definition) is 2. The molecule has 1 aromatic rings. The Balaban J connectivity index is 2.75. The van der Waals surface area contributed by atoms with E-state index < -0.39 is 0 Å². The van der Waals surface area contributed by atoms with Gasteiger partial charge in [-0.15, -0.1) is 6.42 Å². The topological polar surface area (TPSA) is 102 Å². The average molecular weight is 308 g/mol. The summed E-state index contributed by atoms with van der Waals surface area (Å²) in [5, 5.41) is 7.17. The van der Waals surface area contributed by atoms with Crippen LogP contribution in [0.5, 0.6) is 0 Å². The molecule has 0 atom stereocenters. The predicted octanol–water partition coefficient (Wildman–Crippen LogP) is 0.279. The number of aromatic nitrogens is 3. The fourth-order valence-corrected chi connectivity index (χ4v) is 1.38. The van der Waals surface area contributed by atoms with E-state index in [1.165, 1.54) is 12.2 Å². The molecule has 0 aliphatic carbocycles. The van der Waals surface area contributed by atoms with Gasteiger partial charge in [-0.2, -0.15) is 15.0 Å². The minimum absolute atomic E-state index is 0.210. The molecule has 0 aliphatic rings.